The third kappa shape index (κ3) is 6.35. The SMILES string of the molecule is CCC(C)Nc1cc(Nc2ccnc(OCC(C)(C)S(C)(=O)=O)n2)ncc1C(=N)N1CCNC1=O. The van der Waals surface area contributed by atoms with Gasteiger partial charge in [-0.05, 0) is 33.3 Å². The minimum Gasteiger partial charge on any atom is -0.462 e. The van der Waals surface area contributed by atoms with Crippen molar-refractivity contribution in [3.05, 3.63) is 30.1 Å². The molecule has 4 N–H and O–H groups in total. The first-order chi connectivity index (χ1) is 16.4. The van der Waals surface area contributed by atoms with Gasteiger partial charge in [-0.15, -0.1) is 0 Å². The monoisotopic (exact) mass is 504 g/mol. The van der Waals surface area contributed by atoms with Crippen molar-refractivity contribution in [1.29, 1.82) is 5.41 Å². The fraction of sp³-hybridized carbons (Fsp3) is 0.500. The van der Waals surface area contributed by atoms with Gasteiger partial charge in [0.1, 0.15) is 28.8 Å². The van der Waals surface area contributed by atoms with Gasteiger partial charge in [0.2, 0.25) is 0 Å². The molecule has 0 radical (unpaired) electrons. The predicted octanol–water partition coefficient (Wildman–Crippen LogP) is 2.38. The second-order valence-electron chi connectivity index (χ2n) is 8.97. The number of urea groups is 1. The Morgan fingerprint density at radius 1 is 1.34 bits per heavy atom. The van der Waals surface area contributed by atoms with E-state index in [2.05, 4.69) is 30.9 Å². The second kappa shape index (κ2) is 10.4. The molecule has 2 amide bonds. The van der Waals surface area contributed by atoms with E-state index < -0.39 is 14.6 Å². The first kappa shape index (κ1) is 26.1. The summed E-state index contributed by atoms with van der Waals surface area (Å²) in [6, 6.07) is 3.23. The fourth-order valence-electron chi connectivity index (χ4n) is 2.99. The van der Waals surface area contributed by atoms with Gasteiger partial charge in [0, 0.05) is 43.8 Å². The summed E-state index contributed by atoms with van der Waals surface area (Å²) in [5, 5.41) is 17.7. The van der Waals surface area contributed by atoms with Crippen LogP contribution in [0.4, 0.5) is 22.1 Å². The number of hydrogen-bond acceptors (Lipinski definition) is 10. The van der Waals surface area contributed by atoms with Gasteiger partial charge in [-0.3, -0.25) is 10.3 Å². The highest BCUT2D eigenvalue weighted by atomic mass is 32.2. The summed E-state index contributed by atoms with van der Waals surface area (Å²) in [6.07, 6.45) is 5.05. The van der Waals surface area contributed by atoms with Crippen molar-refractivity contribution in [3.8, 4) is 6.01 Å². The first-order valence-corrected chi connectivity index (χ1v) is 13.1. The number of amidine groups is 1. The Morgan fingerprint density at radius 2 is 2.09 bits per heavy atom. The number of carbonyl (C=O) groups is 1. The molecule has 3 heterocycles. The zero-order valence-electron chi connectivity index (χ0n) is 20.5. The number of carbonyl (C=O) groups excluding carboxylic acids is 1. The zero-order chi connectivity index (χ0) is 25.8. The number of pyridine rings is 1. The van der Waals surface area contributed by atoms with E-state index in [1.165, 1.54) is 17.3 Å². The lowest BCUT2D eigenvalue weighted by molar-refractivity contribution is 0.234. The van der Waals surface area contributed by atoms with Crippen molar-refractivity contribution < 1.29 is 17.9 Å². The van der Waals surface area contributed by atoms with Crippen LogP contribution in [-0.2, 0) is 9.84 Å². The molecule has 3 rings (SSSR count). The number of rotatable bonds is 10. The molecule has 190 valence electrons. The van der Waals surface area contributed by atoms with Gasteiger partial charge in [-0.1, -0.05) is 6.92 Å². The molecule has 1 atom stereocenters. The lowest BCUT2D eigenvalue weighted by Gasteiger charge is -2.22. The second-order valence-corrected chi connectivity index (χ2v) is 11.6. The molecule has 0 bridgehead atoms. The number of aromatic nitrogens is 3. The number of ether oxygens (including phenoxy) is 1. The summed E-state index contributed by atoms with van der Waals surface area (Å²) >= 11 is 0. The normalized spacial score (nSPS) is 14.9. The quantitative estimate of drug-likeness (QED) is 0.281. The van der Waals surface area contributed by atoms with E-state index >= 15 is 0 Å². The topological polar surface area (TPSA) is 162 Å². The molecule has 1 unspecified atom stereocenters. The Morgan fingerprint density at radius 3 is 2.71 bits per heavy atom. The van der Waals surface area contributed by atoms with Crippen LogP contribution in [0.15, 0.2) is 24.5 Å². The van der Waals surface area contributed by atoms with E-state index in [0.29, 0.717) is 36.0 Å². The van der Waals surface area contributed by atoms with E-state index in [1.807, 2.05) is 13.8 Å². The van der Waals surface area contributed by atoms with E-state index in [4.69, 9.17) is 10.1 Å². The summed E-state index contributed by atoms with van der Waals surface area (Å²) in [6.45, 7) is 8.02. The van der Waals surface area contributed by atoms with Gasteiger partial charge in [0.25, 0.3) is 0 Å². The van der Waals surface area contributed by atoms with Gasteiger partial charge in [0.15, 0.2) is 9.84 Å². The largest absolute Gasteiger partial charge is 0.462 e. The first-order valence-electron chi connectivity index (χ1n) is 11.2. The van der Waals surface area contributed by atoms with Crippen LogP contribution < -0.4 is 20.7 Å². The molecule has 1 saturated heterocycles. The molecule has 0 aliphatic carbocycles. The minimum absolute atomic E-state index is 0.0307. The molecule has 2 aromatic heterocycles. The summed E-state index contributed by atoms with van der Waals surface area (Å²) in [5.41, 5.74) is 1.16. The van der Waals surface area contributed by atoms with Crippen LogP contribution >= 0.6 is 0 Å². The van der Waals surface area contributed by atoms with Crippen LogP contribution in [0, 0.1) is 5.41 Å². The van der Waals surface area contributed by atoms with Crippen LogP contribution in [0.25, 0.3) is 0 Å². The smallest absolute Gasteiger partial charge is 0.323 e. The van der Waals surface area contributed by atoms with Crippen LogP contribution in [0.3, 0.4) is 0 Å². The van der Waals surface area contributed by atoms with Gasteiger partial charge in [-0.25, -0.2) is 23.2 Å². The van der Waals surface area contributed by atoms with Gasteiger partial charge >= 0.3 is 12.0 Å². The average molecular weight is 505 g/mol. The molecule has 35 heavy (non-hydrogen) atoms. The summed E-state index contributed by atoms with van der Waals surface area (Å²) in [7, 11) is -3.33. The van der Waals surface area contributed by atoms with Crippen molar-refractivity contribution in [2.45, 2.75) is 44.9 Å². The molecule has 13 heteroatoms. The highest BCUT2D eigenvalue weighted by molar-refractivity contribution is 7.92. The molecular formula is C22H32N8O4S. The Labute approximate surface area is 205 Å². The van der Waals surface area contributed by atoms with E-state index in [-0.39, 0.29) is 30.5 Å². The number of amides is 2. The Bertz CT molecular complexity index is 1200. The van der Waals surface area contributed by atoms with Crippen molar-refractivity contribution in [2.75, 3.05) is 36.6 Å². The van der Waals surface area contributed by atoms with Gasteiger partial charge in [0.05, 0.1) is 11.3 Å². The molecule has 0 aromatic carbocycles. The standard InChI is InChI=1S/C22H32N8O4S/c1-6-14(2)27-16-11-18(26-12-15(16)19(23)30-10-9-25-21(30)31)28-17-7-8-24-20(29-17)34-13-22(3,4)35(5,32)33/h7-8,11-12,14,23H,6,9-10,13H2,1-5H3,(H,25,31)(H2,24,26,27,28,29). The molecule has 0 saturated carbocycles. The molecular weight excluding hydrogens is 472 g/mol. The van der Waals surface area contributed by atoms with Gasteiger partial charge in [-0.2, -0.15) is 4.98 Å². The summed E-state index contributed by atoms with van der Waals surface area (Å²) < 4.78 is 28.3. The Hall–Kier alpha value is -3.48. The van der Waals surface area contributed by atoms with E-state index in [1.54, 1.807) is 26.0 Å². The highest BCUT2D eigenvalue weighted by Gasteiger charge is 2.31. The minimum atomic E-state index is -3.33. The maximum atomic E-state index is 12.1. The fourth-order valence-corrected chi connectivity index (χ4v) is 3.26. The maximum Gasteiger partial charge on any atom is 0.323 e. The lowest BCUT2D eigenvalue weighted by atomic mass is 10.1. The maximum absolute atomic E-state index is 12.1. The van der Waals surface area contributed by atoms with Crippen molar-refractivity contribution >= 4 is 39.0 Å². The van der Waals surface area contributed by atoms with Crippen LogP contribution in [0.5, 0.6) is 6.01 Å². The highest BCUT2D eigenvalue weighted by Crippen LogP contribution is 2.25. The number of nitrogens with zero attached hydrogens (tertiary/aromatic N) is 4. The van der Waals surface area contributed by atoms with Crippen LogP contribution in [0.2, 0.25) is 0 Å². The number of sulfone groups is 1. The number of anilines is 3. The third-order valence-corrected chi connectivity index (χ3v) is 7.87. The van der Waals surface area contributed by atoms with Crippen molar-refractivity contribution in [2.24, 2.45) is 0 Å². The molecule has 1 aliphatic rings. The molecule has 0 spiro atoms. The number of nitrogens with one attached hydrogen (secondary N) is 4. The van der Waals surface area contributed by atoms with Crippen LogP contribution in [-0.4, -0.2) is 76.9 Å². The zero-order valence-corrected chi connectivity index (χ0v) is 21.4. The van der Waals surface area contributed by atoms with Crippen molar-refractivity contribution in [3.63, 3.8) is 0 Å². The van der Waals surface area contributed by atoms with E-state index in [9.17, 15) is 13.2 Å². The number of hydrogen-bond donors (Lipinski definition) is 4. The molecule has 2 aromatic rings. The average Bonchev–Trinajstić information content (AvgIpc) is 3.23. The predicted molar refractivity (Wildman–Crippen MR) is 134 cm³/mol. The summed E-state index contributed by atoms with van der Waals surface area (Å²) in [4.78, 5) is 26.2. The Balaban J connectivity index is 1.81. The molecule has 12 nitrogen and oxygen atoms in total. The lowest BCUT2D eigenvalue weighted by Crippen LogP contribution is -2.37. The van der Waals surface area contributed by atoms with Crippen LogP contribution in [0.1, 0.15) is 39.7 Å². The van der Waals surface area contributed by atoms with Crippen molar-refractivity contribution in [1.82, 2.24) is 25.2 Å². The Kier molecular flexibility index (Phi) is 7.78. The third-order valence-electron chi connectivity index (χ3n) is 5.74. The molecule has 1 aliphatic heterocycles. The van der Waals surface area contributed by atoms with Gasteiger partial charge < -0.3 is 20.7 Å². The van der Waals surface area contributed by atoms with E-state index in [0.717, 1.165) is 12.7 Å². The summed E-state index contributed by atoms with van der Waals surface area (Å²) in [5.74, 6) is 0.923. The molecule has 1 fully saturated rings.